The maximum atomic E-state index is 11.3. The van der Waals surface area contributed by atoms with Gasteiger partial charge in [-0.05, 0) is 30.9 Å². The SMILES string of the molecule is CSCCCNCCC(=O)NCC(C)C. The highest BCUT2D eigenvalue weighted by Crippen LogP contribution is 1.93. The van der Waals surface area contributed by atoms with Gasteiger partial charge in [0.05, 0.1) is 0 Å². The Labute approximate surface area is 97.8 Å². The topological polar surface area (TPSA) is 41.1 Å². The molecule has 0 saturated heterocycles. The van der Waals surface area contributed by atoms with Gasteiger partial charge in [-0.3, -0.25) is 4.79 Å². The summed E-state index contributed by atoms with van der Waals surface area (Å²) in [5, 5.41) is 6.17. The number of carbonyl (C=O) groups is 1. The highest BCUT2D eigenvalue weighted by Gasteiger charge is 2.00. The highest BCUT2D eigenvalue weighted by atomic mass is 32.2. The fourth-order valence-electron chi connectivity index (χ4n) is 1.07. The first-order valence-corrected chi connectivity index (χ1v) is 7.02. The Bertz CT molecular complexity index is 163. The van der Waals surface area contributed by atoms with Crippen molar-refractivity contribution in [3.63, 3.8) is 0 Å². The summed E-state index contributed by atoms with van der Waals surface area (Å²) in [5.74, 6) is 1.87. The van der Waals surface area contributed by atoms with Crippen molar-refractivity contribution < 1.29 is 4.79 Å². The lowest BCUT2D eigenvalue weighted by Crippen LogP contribution is -2.30. The second kappa shape index (κ2) is 10.3. The summed E-state index contributed by atoms with van der Waals surface area (Å²) < 4.78 is 0. The lowest BCUT2D eigenvalue weighted by atomic mass is 10.2. The van der Waals surface area contributed by atoms with E-state index in [-0.39, 0.29) is 5.91 Å². The summed E-state index contributed by atoms with van der Waals surface area (Å²) in [6.07, 6.45) is 3.88. The van der Waals surface area contributed by atoms with E-state index in [1.165, 1.54) is 12.2 Å². The Morgan fingerprint density at radius 2 is 2.07 bits per heavy atom. The number of rotatable bonds is 9. The van der Waals surface area contributed by atoms with Crippen LogP contribution in [0.5, 0.6) is 0 Å². The monoisotopic (exact) mass is 232 g/mol. The van der Waals surface area contributed by atoms with E-state index < -0.39 is 0 Å². The third kappa shape index (κ3) is 11.7. The van der Waals surface area contributed by atoms with E-state index in [9.17, 15) is 4.79 Å². The standard InChI is InChI=1S/C11H24N2OS/c1-10(2)9-13-11(14)5-7-12-6-4-8-15-3/h10,12H,4-9H2,1-3H3,(H,13,14). The first-order valence-electron chi connectivity index (χ1n) is 5.63. The smallest absolute Gasteiger partial charge is 0.221 e. The Morgan fingerprint density at radius 1 is 1.33 bits per heavy atom. The minimum Gasteiger partial charge on any atom is -0.356 e. The van der Waals surface area contributed by atoms with Gasteiger partial charge < -0.3 is 10.6 Å². The van der Waals surface area contributed by atoms with E-state index >= 15 is 0 Å². The second-order valence-corrected chi connectivity index (χ2v) is 5.03. The lowest BCUT2D eigenvalue weighted by Gasteiger charge is -2.08. The molecule has 0 rings (SSSR count). The van der Waals surface area contributed by atoms with Gasteiger partial charge in [0.2, 0.25) is 5.91 Å². The molecule has 90 valence electrons. The van der Waals surface area contributed by atoms with Crippen LogP contribution in [0.2, 0.25) is 0 Å². The van der Waals surface area contributed by atoms with Gasteiger partial charge in [-0.25, -0.2) is 0 Å². The third-order valence-electron chi connectivity index (χ3n) is 1.94. The molecule has 0 atom stereocenters. The molecule has 0 aromatic rings. The maximum absolute atomic E-state index is 11.3. The molecule has 0 aliphatic carbocycles. The van der Waals surface area contributed by atoms with Crippen LogP contribution in [0.15, 0.2) is 0 Å². The van der Waals surface area contributed by atoms with Gasteiger partial charge in [-0.1, -0.05) is 13.8 Å². The number of carbonyl (C=O) groups excluding carboxylic acids is 1. The van der Waals surface area contributed by atoms with Crippen LogP contribution in [-0.2, 0) is 4.79 Å². The minimum absolute atomic E-state index is 0.154. The molecule has 0 spiro atoms. The molecular formula is C11H24N2OS. The fourth-order valence-corrected chi connectivity index (χ4v) is 1.51. The molecule has 0 heterocycles. The van der Waals surface area contributed by atoms with Crippen LogP contribution in [0.3, 0.4) is 0 Å². The van der Waals surface area contributed by atoms with Gasteiger partial charge in [0.1, 0.15) is 0 Å². The van der Waals surface area contributed by atoms with E-state index in [0.717, 1.165) is 19.6 Å². The largest absolute Gasteiger partial charge is 0.356 e. The molecule has 1 amide bonds. The Morgan fingerprint density at radius 3 is 2.67 bits per heavy atom. The van der Waals surface area contributed by atoms with Crippen LogP contribution < -0.4 is 10.6 Å². The highest BCUT2D eigenvalue weighted by molar-refractivity contribution is 7.98. The molecule has 0 unspecified atom stereocenters. The van der Waals surface area contributed by atoms with Gasteiger partial charge >= 0.3 is 0 Å². The number of thioether (sulfide) groups is 1. The Hall–Kier alpha value is -0.220. The first-order chi connectivity index (χ1) is 7.16. The predicted molar refractivity (Wildman–Crippen MR) is 68.3 cm³/mol. The molecule has 4 heteroatoms. The summed E-state index contributed by atoms with van der Waals surface area (Å²) >= 11 is 1.86. The molecule has 0 aromatic heterocycles. The van der Waals surface area contributed by atoms with Crippen LogP contribution >= 0.6 is 11.8 Å². The molecular weight excluding hydrogens is 208 g/mol. The minimum atomic E-state index is 0.154. The van der Waals surface area contributed by atoms with Gasteiger partial charge in [-0.2, -0.15) is 11.8 Å². The average Bonchev–Trinajstić information content (AvgIpc) is 2.20. The van der Waals surface area contributed by atoms with Crippen LogP contribution in [0.1, 0.15) is 26.7 Å². The van der Waals surface area contributed by atoms with Gasteiger partial charge in [-0.15, -0.1) is 0 Å². The van der Waals surface area contributed by atoms with E-state index in [4.69, 9.17) is 0 Å². The summed E-state index contributed by atoms with van der Waals surface area (Å²) in [6, 6.07) is 0. The molecule has 2 N–H and O–H groups in total. The van der Waals surface area contributed by atoms with Crippen LogP contribution in [0.25, 0.3) is 0 Å². The fraction of sp³-hybridized carbons (Fsp3) is 0.909. The number of hydrogen-bond donors (Lipinski definition) is 2. The van der Waals surface area contributed by atoms with Crippen LogP contribution in [0.4, 0.5) is 0 Å². The second-order valence-electron chi connectivity index (χ2n) is 4.04. The zero-order valence-corrected chi connectivity index (χ0v) is 11.0. The predicted octanol–water partition coefficient (Wildman–Crippen LogP) is 1.49. The van der Waals surface area contributed by atoms with Gasteiger partial charge in [0.25, 0.3) is 0 Å². The Balaban J connectivity index is 3.17. The molecule has 3 nitrogen and oxygen atoms in total. The van der Waals surface area contributed by atoms with E-state index in [2.05, 4.69) is 30.7 Å². The average molecular weight is 232 g/mol. The van der Waals surface area contributed by atoms with Crippen LogP contribution in [-0.4, -0.2) is 37.6 Å². The van der Waals surface area contributed by atoms with Crippen LogP contribution in [0, 0.1) is 5.92 Å². The van der Waals surface area contributed by atoms with Crippen molar-refractivity contribution in [1.82, 2.24) is 10.6 Å². The van der Waals surface area contributed by atoms with E-state index in [1.54, 1.807) is 0 Å². The van der Waals surface area contributed by atoms with Crippen molar-refractivity contribution in [2.75, 3.05) is 31.6 Å². The molecule has 15 heavy (non-hydrogen) atoms. The van der Waals surface area contributed by atoms with Crippen molar-refractivity contribution in [3.05, 3.63) is 0 Å². The summed E-state index contributed by atoms with van der Waals surface area (Å²) in [4.78, 5) is 11.3. The quantitative estimate of drug-likeness (QED) is 0.592. The number of nitrogens with one attached hydrogen (secondary N) is 2. The lowest BCUT2D eigenvalue weighted by molar-refractivity contribution is -0.121. The van der Waals surface area contributed by atoms with Gasteiger partial charge in [0, 0.05) is 19.5 Å². The molecule has 0 aliphatic rings. The number of amides is 1. The van der Waals surface area contributed by atoms with Crippen molar-refractivity contribution in [1.29, 1.82) is 0 Å². The summed E-state index contributed by atoms with van der Waals surface area (Å²) in [5.41, 5.74) is 0. The number of hydrogen-bond acceptors (Lipinski definition) is 3. The molecule has 0 bridgehead atoms. The zero-order chi connectivity index (χ0) is 11.5. The van der Waals surface area contributed by atoms with E-state index in [0.29, 0.717) is 12.3 Å². The first kappa shape index (κ1) is 14.8. The van der Waals surface area contributed by atoms with Crippen molar-refractivity contribution >= 4 is 17.7 Å². The normalized spacial score (nSPS) is 10.7. The van der Waals surface area contributed by atoms with Gasteiger partial charge in [0.15, 0.2) is 0 Å². The van der Waals surface area contributed by atoms with Crippen molar-refractivity contribution in [2.24, 2.45) is 5.92 Å². The maximum Gasteiger partial charge on any atom is 0.221 e. The zero-order valence-electron chi connectivity index (χ0n) is 10.1. The Kier molecular flexibility index (Phi) is 10.2. The molecule has 0 radical (unpaired) electrons. The molecule has 0 aromatic carbocycles. The van der Waals surface area contributed by atoms with Crippen molar-refractivity contribution in [3.8, 4) is 0 Å². The molecule has 0 saturated carbocycles. The third-order valence-corrected chi connectivity index (χ3v) is 2.64. The molecule has 0 aliphatic heterocycles. The van der Waals surface area contributed by atoms with E-state index in [1.807, 2.05) is 11.8 Å². The summed E-state index contributed by atoms with van der Waals surface area (Å²) in [6.45, 7) is 6.78. The summed E-state index contributed by atoms with van der Waals surface area (Å²) in [7, 11) is 0. The van der Waals surface area contributed by atoms with Crippen molar-refractivity contribution in [2.45, 2.75) is 26.7 Å². The molecule has 0 fully saturated rings.